The molecule has 0 saturated carbocycles. The van der Waals surface area contributed by atoms with Gasteiger partial charge >= 0.3 is 0 Å². The van der Waals surface area contributed by atoms with Gasteiger partial charge in [-0.05, 0) is 67.7 Å². The number of benzene rings is 2. The van der Waals surface area contributed by atoms with Crippen molar-refractivity contribution < 1.29 is 17.6 Å². The maximum atomic E-state index is 13.6. The highest BCUT2D eigenvalue weighted by Crippen LogP contribution is 2.45. The second-order valence-corrected chi connectivity index (χ2v) is 16.9. The molecule has 176 valence electrons. The molecule has 1 heterocycles. The molecule has 0 aromatic heterocycles. The predicted octanol–water partition coefficient (Wildman–Crippen LogP) is 5.92. The zero-order chi connectivity index (χ0) is 23.7. The van der Waals surface area contributed by atoms with E-state index in [1.165, 1.54) is 0 Å². The fourth-order valence-corrected chi connectivity index (χ4v) is 6.71. The highest BCUT2D eigenvalue weighted by molar-refractivity contribution is 7.89. The molecule has 7 heteroatoms. The molecular weight excluding hydrogens is 438 g/mol. The van der Waals surface area contributed by atoms with E-state index in [4.69, 9.17) is 9.16 Å². The van der Waals surface area contributed by atoms with Gasteiger partial charge in [0.15, 0.2) is 8.32 Å². The van der Waals surface area contributed by atoms with Gasteiger partial charge in [-0.15, -0.1) is 0 Å². The monoisotopic (exact) mass is 475 g/mol. The highest BCUT2D eigenvalue weighted by Gasteiger charge is 2.47. The molecule has 3 rings (SSSR count). The lowest BCUT2D eigenvalue weighted by Crippen LogP contribution is -2.54. The molecule has 0 unspecified atom stereocenters. The Morgan fingerprint density at radius 1 is 1.03 bits per heavy atom. The summed E-state index contributed by atoms with van der Waals surface area (Å²) in [7, 11) is -3.86. The molecule has 2 atom stereocenters. The van der Waals surface area contributed by atoms with E-state index in [-0.39, 0.29) is 17.1 Å². The van der Waals surface area contributed by atoms with Crippen LogP contribution in [0.15, 0.2) is 53.4 Å². The number of nitrogens with zero attached hydrogens (tertiary/aromatic N) is 1. The van der Waals surface area contributed by atoms with E-state index in [0.29, 0.717) is 17.9 Å². The molecule has 1 aliphatic rings. The summed E-state index contributed by atoms with van der Waals surface area (Å²) >= 11 is 0. The second-order valence-electron chi connectivity index (χ2n) is 10.2. The zero-order valence-corrected chi connectivity index (χ0v) is 22.2. The zero-order valence-electron chi connectivity index (χ0n) is 20.4. The Kier molecular flexibility index (Phi) is 7.25. The molecule has 1 aliphatic heterocycles. The van der Waals surface area contributed by atoms with Gasteiger partial charge in [0.25, 0.3) is 0 Å². The van der Waals surface area contributed by atoms with Crippen molar-refractivity contribution in [2.75, 3.05) is 13.7 Å². The van der Waals surface area contributed by atoms with Crippen molar-refractivity contribution in [1.82, 2.24) is 4.31 Å². The summed E-state index contributed by atoms with van der Waals surface area (Å²) in [5.41, 5.74) is 2.03. The van der Waals surface area contributed by atoms with Crippen molar-refractivity contribution in [2.24, 2.45) is 0 Å². The Morgan fingerprint density at radius 2 is 1.62 bits per heavy atom. The lowest BCUT2D eigenvalue weighted by molar-refractivity contribution is 0.0872. The van der Waals surface area contributed by atoms with Crippen molar-refractivity contribution in [3.63, 3.8) is 0 Å². The Morgan fingerprint density at radius 3 is 2.16 bits per heavy atom. The molecular formula is C25H37NO4SSi. The van der Waals surface area contributed by atoms with Crippen molar-refractivity contribution in [1.29, 1.82) is 0 Å². The Labute approximate surface area is 194 Å². The van der Waals surface area contributed by atoms with Crippen molar-refractivity contribution >= 4 is 18.3 Å². The quantitative estimate of drug-likeness (QED) is 0.445. The number of sulfonamides is 1. The Hall–Kier alpha value is -1.67. The molecule has 0 radical (unpaired) electrons. The standard InChI is InChI=1S/C25H37NO4SSi/c1-19-8-14-23(15-9-19)31(27,28)26-21(16-17-30-32(6,7)25(2,3)4)18-24(26)20-10-12-22(29-5)13-11-20/h8-15,21,24H,16-18H2,1-7H3/t21-,24-/m1/s1. The largest absolute Gasteiger partial charge is 0.497 e. The van der Waals surface area contributed by atoms with Crippen molar-refractivity contribution in [3.8, 4) is 5.75 Å². The molecule has 0 aliphatic carbocycles. The molecule has 0 spiro atoms. The number of ether oxygens (including phenoxy) is 1. The third-order valence-corrected chi connectivity index (χ3v) is 13.5. The van der Waals surface area contributed by atoms with Gasteiger partial charge in [-0.25, -0.2) is 8.42 Å². The molecule has 5 nitrogen and oxygen atoms in total. The van der Waals surface area contributed by atoms with E-state index in [0.717, 1.165) is 23.3 Å². The summed E-state index contributed by atoms with van der Waals surface area (Å²) in [4.78, 5) is 0.344. The second kappa shape index (κ2) is 9.29. The molecule has 2 aromatic rings. The Bertz CT molecular complexity index is 1010. The van der Waals surface area contributed by atoms with Gasteiger partial charge < -0.3 is 9.16 Å². The summed E-state index contributed by atoms with van der Waals surface area (Å²) in [5, 5.41) is 0.131. The first-order chi connectivity index (χ1) is 14.9. The first-order valence-corrected chi connectivity index (χ1v) is 15.6. The fraction of sp³-hybridized carbons (Fsp3) is 0.520. The number of hydrogen-bond acceptors (Lipinski definition) is 4. The minimum atomic E-state index is -3.62. The molecule has 1 fully saturated rings. The van der Waals surface area contributed by atoms with Gasteiger partial charge in [0.05, 0.1) is 18.0 Å². The van der Waals surface area contributed by atoms with E-state index in [1.807, 2.05) is 43.3 Å². The third-order valence-electron chi connectivity index (χ3n) is 6.98. The molecule has 0 N–H and O–H groups in total. The van der Waals surface area contributed by atoms with Gasteiger partial charge in [-0.2, -0.15) is 4.31 Å². The van der Waals surface area contributed by atoms with Gasteiger partial charge in [-0.1, -0.05) is 50.6 Å². The van der Waals surface area contributed by atoms with E-state index in [1.54, 1.807) is 23.5 Å². The van der Waals surface area contributed by atoms with E-state index >= 15 is 0 Å². The fourth-order valence-electron chi connectivity index (χ4n) is 3.80. The Balaban J connectivity index is 1.83. The van der Waals surface area contributed by atoms with Crippen LogP contribution in [0.5, 0.6) is 5.75 Å². The van der Waals surface area contributed by atoms with Crippen LogP contribution in [0.3, 0.4) is 0 Å². The summed E-state index contributed by atoms with van der Waals surface area (Å²) in [6.45, 7) is 13.7. The topological polar surface area (TPSA) is 55.8 Å². The van der Waals surface area contributed by atoms with Crippen LogP contribution < -0.4 is 4.74 Å². The van der Waals surface area contributed by atoms with Crippen LogP contribution in [-0.2, 0) is 14.4 Å². The molecule has 0 amide bonds. The number of methoxy groups -OCH3 is 1. The molecule has 0 bridgehead atoms. The summed E-state index contributed by atoms with van der Waals surface area (Å²) in [6, 6.07) is 14.6. The average Bonchev–Trinajstić information content (AvgIpc) is 2.69. The first kappa shape index (κ1) is 25.0. The lowest BCUT2D eigenvalue weighted by Gasteiger charge is -2.48. The minimum absolute atomic E-state index is 0.0711. The van der Waals surface area contributed by atoms with Crippen LogP contribution in [0.25, 0.3) is 0 Å². The molecule has 32 heavy (non-hydrogen) atoms. The molecule has 2 aromatic carbocycles. The van der Waals surface area contributed by atoms with Crippen LogP contribution in [0, 0.1) is 6.92 Å². The third kappa shape index (κ3) is 5.11. The van der Waals surface area contributed by atoms with E-state index < -0.39 is 18.3 Å². The van der Waals surface area contributed by atoms with Crippen LogP contribution in [0.2, 0.25) is 18.1 Å². The first-order valence-electron chi connectivity index (χ1n) is 11.2. The van der Waals surface area contributed by atoms with E-state index in [2.05, 4.69) is 33.9 Å². The van der Waals surface area contributed by atoms with Gasteiger partial charge in [0.2, 0.25) is 10.0 Å². The summed E-state index contributed by atoms with van der Waals surface area (Å²) in [6.07, 6.45) is 1.49. The summed E-state index contributed by atoms with van der Waals surface area (Å²) in [5.74, 6) is 0.764. The predicted molar refractivity (Wildman–Crippen MR) is 132 cm³/mol. The van der Waals surface area contributed by atoms with Crippen LogP contribution in [-0.4, -0.2) is 40.8 Å². The smallest absolute Gasteiger partial charge is 0.243 e. The normalized spacial score (nSPS) is 20.1. The number of rotatable bonds is 8. The van der Waals surface area contributed by atoms with Crippen molar-refractivity contribution in [3.05, 3.63) is 59.7 Å². The van der Waals surface area contributed by atoms with Crippen LogP contribution in [0.1, 0.15) is 50.8 Å². The maximum Gasteiger partial charge on any atom is 0.243 e. The van der Waals surface area contributed by atoms with Gasteiger partial charge in [0.1, 0.15) is 5.75 Å². The van der Waals surface area contributed by atoms with Gasteiger partial charge in [-0.3, -0.25) is 0 Å². The summed E-state index contributed by atoms with van der Waals surface area (Å²) < 4.78 is 40.6. The van der Waals surface area contributed by atoms with Crippen LogP contribution >= 0.6 is 0 Å². The maximum absolute atomic E-state index is 13.6. The minimum Gasteiger partial charge on any atom is -0.497 e. The van der Waals surface area contributed by atoms with Crippen molar-refractivity contribution in [2.45, 2.75) is 75.6 Å². The molecule has 1 saturated heterocycles. The SMILES string of the molecule is COc1ccc([C@H]2C[C@@H](CCO[Si](C)(C)C(C)(C)C)N2S(=O)(=O)c2ccc(C)cc2)cc1. The van der Waals surface area contributed by atoms with Crippen LogP contribution in [0.4, 0.5) is 0 Å². The number of aryl methyl sites for hydroxylation is 1. The highest BCUT2D eigenvalue weighted by atomic mass is 32.2. The number of hydrogen-bond donors (Lipinski definition) is 0. The van der Waals surface area contributed by atoms with E-state index in [9.17, 15) is 8.42 Å². The lowest BCUT2D eigenvalue weighted by atomic mass is 9.89. The van der Waals surface area contributed by atoms with Gasteiger partial charge in [0, 0.05) is 12.6 Å². The average molecular weight is 476 g/mol.